The maximum Gasteiger partial charge on any atom is 0.257 e. The van der Waals surface area contributed by atoms with Crippen molar-refractivity contribution in [3.05, 3.63) is 35.4 Å². The Hall–Kier alpha value is -1.68. The number of halogens is 1. The number of nitrogen functional groups attached to an aromatic ring is 1. The first-order valence-corrected chi connectivity index (χ1v) is 7.38. The second-order valence-electron chi connectivity index (χ2n) is 4.94. The fourth-order valence-corrected chi connectivity index (χ4v) is 2.19. The highest BCUT2D eigenvalue weighted by atomic mass is 35.5. The maximum absolute atomic E-state index is 12.4. The van der Waals surface area contributed by atoms with Crippen LogP contribution in [-0.2, 0) is 0 Å². The number of rotatable bonds is 8. The van der Waals surface area contributed by atoms with Crippen molar-refractivity contribution in [2.45, 2.75) is 25.7 Å². The highest BCUT2D eigenvalue weighted by Crippen LogP contribution is 2.29. The minimum Gasteiger partial charge on any atom is -0.496 e. The summed E-state index contributed by atoms with van der Waals surface area (Å²) in [7, 11) is 3.29. The quantitative estimate of drug-likeness (QED) is 0.452. The van der Waals surface area contributed by atoms with E-state index in [9.17, 15) is 4.79 Å². The number of unbranched alkanes of at least 4 members (excludes halogenated alkanes) is 3. The van der Waals surface area contributed by atoms with E-state index in [4.69, 9.17) is 22.1 Å². The number of ether oxygens (including phenoxy) is 1. The summed E-state index contributed by atoms with van der Waals surface area (Å²) in [5.74, 6) is 0.331. The molecule has 0 aliphatic carbocycles. The molecule has 5 heteroatoms. The summed E-state index contributed by atoms with van der Waals surface area (Å²) >= 11 is 5.99. The average molecular weight is 311 g/mol. The first-order chi connectivity index (χ1) is 10.0. The van der Waals surface area contributed by atoms with Crippen molar-refractivity contribution in [1.82, 2.24) is 4.90 Å². The van der Waals surface area contributed by atoms with Crippen LogP contribution in [0.5, 0.6) is 5.75 Å². The van der Waals surface area contributed by atoms with E-state index < -0.39 is 0 Å². The van der Waals surface area contributed by atoms with E-state index in [1.54, 1.807) is 24.1 Å². The number of nitrogens with zero attached hydrogens (tertiary/aromatic N) is 1. The Morgan fingerprint density at radius 1 is 1.43 bits per heavy atom. The van der Waals surface area contributed by atoms with Gasteiger partial charge < -0.3 is 15.4 Å². The molecule has 1 aromatic carbocycles. The SMILES string of the molecule is C=CCCCCCN(C)C(=O)c1cc(Cl)c(N)cc1OC. The monoisotopic (exact) mass is 310 g/mol. The number of hydrogen-bond donors (Lipinski definition) is 1. The van der Waals surface area contributed by atoms with Crippen molar-refractivity contribution in [3.63, 3.8) is 0 Å². The third-order valence-electron chi connectivity index (χ3n) is 3.30. The van der Waals surface area contributed by atoms with Gasteiger partial charge in [0.25, 0.3) is 5.91 Å². The lowest BCUT2D eigenvalue weighted by atomic mass is 10.1. The molecule has 0 bridgehead atoms. The molecule has 0 atom stereocenters. The van der Waals surface area contributed by atoms with E-state index in [2.05, 4.69) is 6.58 Å². The summed E-state index contributed by atoms with van der Waals surface area (Å²) in [6, 6.07) is 3.14. The smallest absolute Gasteiger partial charge is 0.257 e. The minimum atomic E-state index is -0.113. The summed E-state index contributed by atoms with van der Waals surface area (Å²) in [4.78, 5) is 14.1. The highest BCUT2D eigenvalue weighted by molar-refractivity contribution is 6.33. The molecule has 0 saturated heterocycles. The van der Waals surface area contributed by atoms with Crippen molar-refractivity contribution in [2.75, 3.05) is 26.4 Å². The molecule has 0 aliphatic rings. The molecule has 0 aliphatic heterocycles. The molecule has 21 heavy (non-hydrogen) atoms. The highest BCUT2D eigenvalue weighted by Gasteiger charge is 2.18. The fourth-order valence-electron chi connectivity index (χ4n) is 2.03. The summed E-state index contributed by atoms with van der Waals surface area (Å²) in [5, 5.41) is 0.360. The number of amides is 1. The van der Waals surface area contributed by atoms with Crippen LogP contribution in [0.2, 0.25) is 5.02 Å². The lowest BCUT2D eigenvalue weighted by Gasteiger charge is -2.19. The Labute approximate surface area is 131 Å². The van der Waals surface area contributed by atoms with Crippen molar-refractivity contribution in [2.24, 2.45) is 0 Å². The molecular formula is C16H23ClN2O2. The van der Waals surface area contributed by atoms with Gasteiger partial charge in [-0.15, -0.1) is 6.58 Å². The molecule has 1 rings (SSSR count). The predicted octanol–water partition coefficient (Wildman–Crippen LogP) is 3.75. The van der Waals surface area contributed by atoms with Crippen LogP contribution in [0.1, 0.15) is 36.0 Å². The van der Waals surface area contributed by atoms with E-state index in [0.29, 0.717) is 28.6 Å². The molecule has 0 aromatic heterocycles. The van der Waals surface area contributed by atoms with E-state index >= 15 is 0 Å². The van der Waals surface area contributed by atoms with Gasteiger partial charge in [-0.3, -0.25) is 4.79 Å². The number of methoxy groups -OCH3 is 1. The molecule has 2 N–H and O–H groups in total. The van der Waals surface area contributed by atoms with Crippen LogP contribution >= 0.6 is 11.6 Å². The number of allylic oxidation sites excluding steroid dienone is 1. The number of nitrogens with two attached hydrogens (primary N) is 1. The molecule has 0 fully saturated rings. The predicted molar refractivity (Wildman–Crippen MR) is 88.0 cm³/mol. The number of benzene rings is 1. The fraction of sp³-hybridized carbons (Fsp3) is 0.438. The normalized spacial score (nSPS) is 10.2. The van der Waals surface area contributed by atoms with Gasteiger partial charge in [0.1, 0.15) is 5.75 Å². The molecular weight excluding hydrogens is 288 g/mol. The molecule has 1 amide bonds. The van der Waals surface area contributed by atoms with Crippen LogP contribution in [-0.4, -0.2) is 31.5 Å². The van der Waals surface area contributed by atoms with Gasteiger partial charge in [0, 0.05) is 19.7 Å². The first kappa shape index (κ1) is 17.4. The first-order valence-electron chi connectivity index (χ1n) is 7.00. The molecule has 4 nitrogen and oxygen atoms in total. The standard InChI is InChI=1S/C16H23ClN2O2/c1-4-5-6-7-8-9-19(2)16(20)12-10-13(17)14(18)11-15(12)21-3/h4,10-11H,1,5-9,18H2,2-3H3. The van der Waals surface area contributed by atoms with Crippen LogP contribution in [0.3, 0.4) is 0 Å². The molecule has 1 aromatic rings. The second kappa shape index (κ2) is 8.57. The van der Waals surface area contributed by atoms with Crippen molar-refractivity contribution in [3.8, 4) is 5.75 Å². The van der Waals surface area contributed by atoms with Crippen LogP contribution < -0.4 is 10.5 Å². The van der Waals surface area contributed by atoms with Gasteiger partial charge in [0.2, 0.25) is 0 Å². The van der Waals surface area contributed by atoms with Gasteiger partial charge in [0.05, 0.1) is 23.4 Å². The van der Waals surface area contributed by atoms with Gasteiger partial charge in [-0.25, -0.2) is 0 Å². The van der Waals surface area contributed by atoms with Crippen molar-refractivity contribution < 1.29 is 9.53 Å². The zero-order chi connectivity index (χ0) is 15.8. The number of hydrogen-bond acceptors (Lipinski definition) is 3. The van der Waals surface area contributed by atoms with Crippen molar-refractivity contribution >= 4 is 23.2 Å². The Bertz CT molecular complexity index is 503. The minimum absolute atomic E-state index is 0.113. The van der Waals surface area contributed by atoms with Crippen LogP contribution in [0.25, 0.3) is 0 Å². The van der Waals surface area contributed by atoms with Gasteiger partial charge in [-0.1, -0.05) is 24.1 Å². The molecule has 0 unspecified atom stereocenters. The van der Waals surface area contributed by atoms with E-state index in [0.717, 1.165) is 25.7 Å². The zero-order valence-electron chi connectivity index (χ0n) is 12.7. The molecule has 0 saturated carbocycles. The van der Waals surface area contributed by atoms with Crippen LogP contribution in [0, 0.1) is 0 Å². The summed E-state index contributed by atoms with van der Waals surface area (Å²) in [5.41, 5.74) is 6.56. The molecule has 0 spiro atoms. The third-order valence-corrected chi connectivity index (χ3v) is 3.63. The lowest BCUT2D eigenvalue weighted by molar-refractivity contribution is 0.0789. The largest absolute Gasteiger partial charge is 0.496 e. The van der Waals surface area contributed by atoms with Crippen LogP contribution in [0.15, 0.2) is 24.8 Å². The zero-order valence-corrected chi connectivity index (χ0v) is 13.4. The Morgan fingerprint density at radius 3 is 2.76 bits per heavy atom. The summed E-state index contributed by atoms with van der Waals surface area (Å²) in [6.45, 7) is 4.39. The average Bonchev–Trinajstić information content (AvgIpc) is 2.48. The number of carbonyl (C=O) groups excluding carboxylic acids is 1. The number of carbonyl (C=O) groups is 1. The Morgan fingerprint density at radius 2 is 2.14 bits per heavy atom. The Balaban J connectivity index is 2.69. The second-order valence-corrected chi connectivity index (χ2v) is 5.35. The topological polar surface area (TPSA) is 55.6 Å². The lowest BCUT2D eigenvalue weighted by Crippen LogP contribution is -2.28. The van der Waals surface area contributed by atoms with E-state index in [1.165, 1.54) is 7.11 Å². The van der Waals surface area contributed by atoms with Gasteiger partial charge in [-0.05, 0) is 25.3 Å². The Kier molecular flexibility index (Phi) is 7.09. The maximum atomic E-state index is 12.4. The summed E-state index contributed by atoms with van der Waals surface area (Å²) < 4.78 is 5.21. The van der Waals surface area contributed by atoms with Crippen LogP contribution in [0.4, 0.5) is 5.69 Å². The molecule has 0 heterocycles. The van der Waals surface area contributed by atoms with E-state index in [1.807, 2.05) is 6.08 Å². The molecule has 0 radical (unpaired) electrons. The number of anilines is 1. The van der Waals surface area contributed by atoms with Gasteiger partial charge in [0.15, 0.2) is 0 Å². The van der Waals surface area contributed by atoms with Gasteiger partial charge >= 0.3 is 0 Å². The van der Waals surface area contributed by atoms with Crippen molar-refractivity contribution in [1.29, 1.82) is 0 Å². The molecule has 116 valence electrons. The summed E-state index contributed by atoms with van der Waals surface area (Å²) in [6.07, 6.45) is 6.06. The third kappa shape index (κ3) is 4.97. The van der Waals surface area contributed by atoms with E-state index in [-0.39, 0.29) is 5.91 Å². The van der Waals surface area contributed by atoms with Gasteiger partial charge in [-0.2, -0.15) is 0 Å².